The smallest absolute Gasteiger partial charge is 0.132 e. The summed E-state index contributed by atoms with van der Waals surface area (Å²) in [5.41, 5.74) is 11.0. The molecule has 63 heavy (non-hydrogen) atoms. The van der Waals surface area contributed by atoms with Gasteiger partial charge in [-0.2, -0.15) is 17.5 Å². The molecule has 0 radical (unpaired) electrons. The van der Waals surface area contributed by atoms with Crippen LogP contribution >= 0.6 is 68.8 Å². The molecule has 0 unspecified atom stereocenters. The zero-order valence-corrected chi connectivity index (χ0v) is 42.3. The lowest BCUT2D eigenvalue weighted by molar-refractivity contribution is 0.402. The Labute approximate surface area is 398 Å². The van der Waals surface area contributed by atoms with Crippen LogP contribution in [0.4, 0.5) is 0 Å². The number of hydrogen-bond donors (Lipinski definition) is 0. The summed E-state index contributed by atoms with van der Waals surface area (Å²) < 4.78 is 19.7. The van der Waals surface area contributed by atoms with Crippen LogP contribution in [0.25, 0.3) is 73.8 Å². The predicted octanol–water partition coefficient (Wildman–Crippen LogP) is 17.9. The zero-order valence-electron chi connectivity index (χ0n) is 37.4. The van der Waals surface area contributed by atoms with Crippen molar-refractivity contribution in [3.8, 4) is 51.8 Å². The topological polar surface area (TPSA) is 77.3 Å². The summed E-state index contributed by atoms with van der Waals surface area (Å²) in [5, 5.41) is 0. The molecule has 0 atom stereocenters. The van der Waals surface area contributed by atoms with E-state index >= 15 is 0 Å². The molecule has 0 spiro atoms. The van der Waals surface area contributed by atoms with Crippen molar-refractivity contribution in [2.75, 3.05) is 0 Å². The normalized spacial score (nSPS) is 13.2. The molecule has 330 valence electrons. The molecule has 0 saturated heterocycles. The molecule has 1 aliphatic rings. The number of nitrogens with zero attached hydrogens (tertiary/aromatic N) is 6. The maximum Gasteiger partial charge on any atom is 0.132 e. The van der Waals surface area contributed by atoms with Gasteiger partial charge in [0.25, 0.3) is 0 Å². The monoisotopic (exact) mass is 948 g/mol. The van der Waals surface area contributed by atoms with Crippen molar-refractivity contribution in [3.05, 3.63) is 69.7 Å². The number of unbranched alkanes of at least 4 members (excludes halogenated alkanes) is 12. The highest BCUT2D eigenvalue weighted by atomic mass is 32.1. The summed E-state index contributed by atoms with van der Waals surface area (Å²) in [5.74, 6) is 0. The van der Waals surface area contributed by atoms with Gasteiger partial charge >= 0.3 is 0 Å². The van der Waals surface area contributed by atoms with Crippen LogP contribution < -0.4 is 0 Å². The van der Waals surface area contributed by atoms with Gasteiger partial charge in [-0.15, -0.1) is 45.3 Å². The molecule has 0 saturated carbocycles. The molecular weight excluding hydrogens is 889 g/mol. The minimum Gasteiger partial charge on any atom is -0.252 e. The first-order valence-electron chi connectivity index (χ1n) is 23.8. The van der Waals surface area contributed by atoms with Crippen molar-refractivity contribution in [3.63, 3.8) is 0 Å². The van der Waals surface area contributed by atoms with E-state index in [0.717, 1.165) is 57.4 Å². The second-order valence-corrected chi connectivity index (χ2v) is 23.0. The fraction of sp³-hybridized carbons (Fsp3) is 0.490. The third-order valence-electron chi connectivity index (χ3n) is 13.1. The summed E-state index contributed by atoms with van der Waals surface area (Å²) in [6.45, 7) is 9.19. The second-order valence-electron chi connectivity index (χ2n) is 17.5. The van der Waals surface area contributed by atoms with Crippen LogP contribution in [0.1, 0.15) is 164 Å². The van der Waals surface area contributed by atoms with E-state index in [1.54, 1.807) is 0 Å². The quantitative estimate of drug-likeness (QED) is 0.0562. The van der Waals surface area contributed by atoms with E-state index in [1.807, 2.05) is 45.3 Å². The van der Waals surface area contributed by atoms with Crippen LogP contribution in [0.2, 0.25) is 0 Å². The SMILES string of the molecule is CCCCCCc1ccc(-c2ncc(-c3cc4c(s3)-c3sc(-c5cnc(-c6ccc(CCCCCC)s6)c6nsnc56)cc3C4(CCCCCC)CCCCCC)c3nsnc23)s1. The van der Waals surface area contributed by atoms with Crippen LogP contribution in [0.5, 0.6) is 0 Å². The van der Waals surface area contributed by atoms with Gasteiger partial charge in [0.2, 0.25) is 0 Å². The lowest BCUT2D eigenvalue weighted by Gasteiger charge is -2.31. The van der Waals surface area contributed by atoms with Crippen LogP contribution in [0.3, 0.4) is 0 Å². The van der Waals surface area contributed by atoms with Crippen molar-refractivity contribution < 1.29 is 0 Å². The first kappa shape index (κ1) is 44.9. The average Bonchev–Trinajstić information content (AvgIpc) is 4.17. The minimum atomic E-state index is -0.0374. The zero-order chi connectivity index (χ0) is 43.2. The molecule has 0 N–H and O–H groups in total. The van der Waals surface area contributed by atoms with Gasteiger partial charge in [0.15, 0.2) is 0 Å². The number of hydrogen-bond acceptors (Lipinski definition) is 12. The molecule has 12 heteroatoms. The van der Waals surface area contributed by atoms with Gasteiger partial charge in [-0.05, 0) is 86.1 Å². The van der Waals surface area contributed by atoms with Gasteiger partial charge < -0.3 is 0 Å². The predicted molar refractivity (Wildman–Crippen MR) is 277 cm³/mol. The van der Waals surface area contributed by atoms with Gasteiger partial charge in [-0.3, -0.25) is 9.97 Å². The van der Waals surface area contributed by atoms with E-state index in [0.29, 0.717) is 0 Å². The largest absolute Gasteiger partial charge is 0.252 e. The minimum absolute atomic E-state index is 0.0374. The Kier molecular flexibility index (Phi) is 14.9. The summed E-state index contributed by atoms with van der Waals surface area (Å²) in [7, 11) is 0. The Morgan fingerprint density at radius 1 is 0.429 bits per heavy atom. The number of pyridine rings is 2. The molecule has 8 aromatic heterocycles. The van der Waals surface area contributed by atoms with Crippen molar-refractivity contribution in [2.45, 2.75) is 162 Å². The fourth-order valence-corrected chi connectivity index (χ4v) is 15.5. The molecule has 9 rings (SSSR count). The molecule has 8 aromatic rings. The molecule has 0 aliphatic heterocycles. The Hall–Kier alpha value is -3.26. The maximum absolute atomic E-state index is 5.18. The standard InChI is InChI=1S/C51H60N6S6/c1-5-9-13-17-21-33-23-25-39(58-33)45-47-43(54-62-56-47)35(31-52-45)41-29-37-49(60-41)50-38(51(37,27-19-15-11-7-3)28-20-16-12-8-4)30-42(61-50)36-32-53-46(48-44(36)55-63-57-48)40-26-24-34(59-40)22-18-14-10-6-2/h23-26,29-32H,5-22,27-28H2,1-4H3. The van der Waals surface area contributed by atoms with E-state index in [2.05, 4.69) is 76.5 Å². The molecule has 1 aliphatic carbocycles. The summed E-state index contributed by atoms with van der Waals surface area (Å²) in [4.78, 5) is 21.0. The summed E-state index contributed by atoms with van der Waals surface area (Å²) in [6.07, 6.45) is 29.0. The Morgan fingerprint density at radius 2 is 0.841 bits per heavy atom. The van der Waals surface area contributed by atoms with Crippen LogP contribution in [-0.4, -0.2) is 27.5 Å². The highest BCUT2D eigenvalue weighted by Crippen LogP contribution is 2.62. The molecule has 6 nitrogen and oxygen atoms in total. The van der Waals surface area contributed by atoms with Crippen molar-refractivity contribution >= 4 is 90.9 Å². The molecule has 0 aromatic carbocycles. The molecular formula is C51H60N6S6. The third-order valence-corrected chi connectivity index (χ3v) is 18.9. The van der Waals surface area contributed by atoms with Gasteiger partial charge in [-0.25, -0.2) is 0 Å². The van der Waals surface area contributed by atoms with E-state index in [1.165, 1.54) is 189 Å². The van der Waals surface area contributed by atoms with Crippen LogP contribution in [0, 0.1) is 0 Å². The van der Waals surface area contributed by atoms with Gasteiger partial charge in [-0.1, -0.05) is 118 Å². The lowest BCUT2D eigenvalue weighted by atomic mass is 9.71. The summed E-state index contributed by atoms with van der Waals surface area (Å²) in [6, 6.07) is 14.2. The van der Waals surface area contributed by atoms with E-state index in [9.17, 15) is 0 Å². The summed E-state index contributed by atoms with van der Waals surface area (Å²) >= 11 is 10.2. The number of thiophene rings is 4. The number of aromatic nitrogens is 6. The van der Waals surface area contributed by atoms with Crippen molar-refractivity contribution in [2.24, 2.45) is 0 Å². The Bertz CT molecular complexity index is 2560. The highest BCUT2D eigenvalue weighted by Gasteiger charge is 2.46. The average molecular weight is 949 g/mol. The van der Waals surface area contributed by atoms with Gasteiger partial charge in [0.1, 0.15) is 33.5 Å². The van der Waals surface area contributed by atoms with E-state index < -0.39 is 0 Å². The lowest BCUT2D eigenvalue weighted by Crippen LogP contribution is -2.25. The van der Waals surface area contributed by atoms with Gasteiger partial charge in [0.05, 0.1) is 33.2 Å². The number of rotatable bonds is 24. The first-order chi connectivity index (χ1) is 31.1. The molecule has 8 heterocycles. The number of aryl methyl sites for hydroxylation is 2. The Balaban J connectivity index is 1.09. The van der Waals surface area contributed by atoms with Crippen molar-refractivity contribution in [1.82, 2.24) is 27.5 Å². The molecule has 0 fully saturated rings. The highest BCUT2D eigenvalue weighted by molar-refractivity contribution is 7.26. The second kappa shape index (κ2) is 20.9. The van der Waals surface area contributed by atoms with Gasteiger partial charge in [0, 0.05) is 58.2 Å². The first-order valence-corrected chi connectivity index (χ1v) is 28.5. The maximum atomic E-state index is 5.18. The number of fused-ring (bicyclic) bond motifs is 5. The van der Waals surface area contributed by atoms with E-state index in [-0.39, 0.29) is 5.41 Å². The Morgan fingerprint density at radius 3 is 1.27 bits per heavy atom. The van der Waals surface area contributed by atoms with Crippen LogP contribution in [0.15, 0.2) is 48.8 Å². The van der Waals surface area contributed by atoms with Crippen molar-refractivity contribution in [1.29, 1.82) is 0 Å². The fourth-order valence-electron chi connectivity index (χ4n) is 9.61. The molecule has 0 amide bonds. The van der Waals surface area contributed by atoms with E-state index in [4.69, 9.17) is 27.5 Å². The molecule has 0 bridgehead atoms. The van der Waals surface area contributed by atoms with Crippen LogP contribution in [-0.2, 0) is 18.3 Å². The third kappa shape index (κ3) is 9.28.